The van der Waals surface area contributed by atoms with Crippen LogP contribution in [-0.2, 0) is 10.0 Å². The highest BCUT2D eigenvalue weighted by atomic mass is 35.5. The van der Waals surface area contributed by atoms with Gasteiger partial charge in [0, 0.05) is 5.02 Å². The van der Waals surface area contributed by atoms with Crippen LogP contribution in [0.25, 0.3) is 22.1 Å². The monoisotopic (exact) mass is 293 g/mol. The van der Waals surface area contributed by atoms with Gasteiger partial charge in [-0.05, 0) is 36.4 Å². The Balaban J connectivity index is 2.35. The summed E-state index contributed by atoms with van der Waals surface area (Å²) in [6.45, 7) is 0. The van der Waals surface area contributed by atoms with Crippen LogP contribution in [0.5, 0.6) is 0 Å². The maximum atomic E-state index is 11.3. The minimum atomic E-state index is -3.74. The Morgan fingerprint density at radius 2 is 1.47 bits per heavy atom. The Labute approximate surface area is 114 Å². The van der Waals surface area contributed by atoms with E-state index in [1.54, 1.807) is 24.3 Å². The van der Waals surface area contributed by atoms with Gasteiger partial charge in [-0.1, -0.05) is 11.6 Å². The third-order valence-corrected chi connectivity index (χ3v) is 3.84. The summed E-state index contributed by atoms with van der Waals surface area (Å²) in [5.41, 5.74) is 2.36. The summed E-state index contributed by atoms with van der Waals surface area (Å²) >= 11 is 5.89. The van der Waals surface area contributed by atoms with Crippen molar-refractivity contribution >= 4 is 43.7 Å². The van der Waals surface area contributed by atoms with Gasteiger partial charge in [-0.2, -0.15) is 0 Å². The molecule has 3 aromatic rings. The topological polar surface area (TPSA) is 85.9 Å². The first-order valence-corrected chi connectivity index (χ1v) is 7.26. The van der Waals surface area contributed by atoms with Crippen molar-refractivity contribution in [1.82, 2.24) is 9.97 Å². The van der Waals surface area contributed by atoms with Gasteiger partial charge in [0.15, 0.2) is 0 Å². The highest BCUT2D eigenvalue weighted by Crippen LogP contribution is 2.21. The minimum Gasteiger partial charge on any atom is -0.244 e. The lowest BCUT2D eigenvalue weighted by Gasteiger charge is -2.03. The summed E-state index contributed by atoms with van der Waals surface area (Å²) < 4.78 is 22.6. The van der Waals surface area contributed by atoms with Crippen LogP contribution in [0, 0.1) is 0 Å². The van der Waals surface area contributed by atoms with E-state index in [4.69, 9.17) is 16.7 Å². The molecule has 96 valence electrons. The number of hydrogen-bond acceptors (Lipinski definition) is 4. The summed E-state index contributed by atoms with van der Waals surface area (Å²) in [6, 6.07) is 9.52. The molecule has 19 heavy (non-hydrogen) atoms. The van der Waals surface area contributed by atoms with Crippen molar-refractivity contribution in [3.63, 3.8) is 0 Å². The zero-order chi connectivity index (χ0) is 13.6. The number of rotatable bonds is 1. The molecule has 0 atom stereocenters. The molecule has 0 aliphatic heterocycles. The number of primary sulfonamides is 1. The fourth-order valence-corrected chi connectivity index (χ4v) is 2.50. The number of benzene rings is 2. The molecule has 0 aliphatic carbocycles. The predicted octanol–water partition coefficient (Wildman–Crippen LogP) is 2.08. The van der Waals surface area contributed by atoms with E-state index < -0.39 is 10.0 Å². The Bertz CT molecular complexity index is 909. The first kappa shape index (κ1) is 12.3. The molecular formula is C12H8ClN3O2S. The summed E-state index contributed by atoms with van der Waals surface area (Å²) in [5, 5.41) is 5.66. The third kappa shape index (κ3) is 2.25. The van der Waals surface area contributed by atoms with Crippen molar-refractivity contribution in [3.05, 3.63) is 41.4 Å². The molecule has 0 saturated heterocycles. The summed E-state index contributed by atoms with van der Waals surface area (Å²) in [4.78, 5) is 8.75. The van der Waals surface area contributed by atoms with Gasteiger partial charge in [-0.15, -0.1) is 0 Å². The van der Waals surface area contributed by atoms with Crippen LogP contribution in [0.4, 0.5) is 0 Å². The van der Waals surface area contributed by atoms with Gasteiger partial charge in [0.2, 0.25) is 10.0 Å². The minimum absolute atomic E-state index is 0.0163. The Morgan fingerprint density at radius 3 is 2.11 bits per heavy atom. The highest BCUT2D eigenvalue weighted by Gasteiger charge is 2.10. The summed E-state index contributed by atoms with van der Waals surface area (Å²) in [7, 11) is -3.74. The van der Waals surface area contributed by atoms with E-state index in [1.165, 1.54) is 12.1 Å². The van der Waals surface area contributed by atoms with E-state index in [0.717, 1.165) is 0 Å². The number of hydrogen-bond donors (Lipinski definition) is 1. The molecule has 7 heteroatoms. The van der Waals surface area contributed by atoms with Crippen LogP contribution < -0.4 is 5.14 Å². The molecule has 0 spiro atoms. The van der Waals surface area contributed by atoms with Crippen molar-refractivity contribution < 1.29 is 8.42 Å². The molecule has 1 heterocycles. The average molecular weight is 294 g/mol. The number of nitrogens with zero attached hydrogens (tertiary/aromatic N) is 2. The smallest absolute Gasteiger partial charge is 0.238 e. The molecule has 5 nitrogen and oxygen atoms in total. The highest BCUT2D eigenvalue weighted by molar-refractivity contribution is 7.89. The lowest BCUT2D eigenvalue weighted by Crippen LogP contribution is -2.12. The summed E-state index contributed by atoms with van der Waals surface area (Å²) in [6.07, 6.45) is 0. The molecule has 2 aromatic carbocycles. The third-order valence-electron chi connectivity index (χ3n) is 2.69. The van der Waals surface area contributed by atoms with Gasteiger partial charge in [0.05, 0.1) is 27.0 Å². The molecular weight excluding hydrogens is 286 g/mol. The number of nitrogens with two attached hydrogens (primary N) is 1. The average Bonchev–Trinajstić information content (AvgIpc) is 2.34. The van der Waals surface area contributed by atoms with E-state index in [2.05, 4.69) is 9.97 Å². The number of aromatic nitrogens is 2. The van der Waals surface area contributed by atoms with Gasteiger partial charge in [-0.25, -0.2) is 23.5 Å². The van der Waals surface area contributed by atoms with Crippen molar-refractivity contribution in [3.8, 4) is 0 Å². The fourth-order valence-electron chi connectivity index (χ4n) is 1.80. The van der Waals surface area contributed by atoms with E-state index in [0.29, 0.717) is 27.1 Å². The van der Waals surface area contributed by atoms with Crippen molar-refractivity contribution in [2.45, 2.75) is 4.90 Å². The lowest BCUT2D eigenvalue weighted by atomic mass is 10.2. The molecule has 2 N–H and O–H groups in total. The first-order valence-electron chi connectivity index (χ1n) is 5.33. The van der Waals surface area contributed by atoms with Crippen LogP contribution in [0.3, 0.4) is 0 Å². The van der Waals surface area contributed by atoms with Crippen LogP contribution in [0.15, 0.2) is 41.3 Å². The van der Waals surface area contributed by atoms with E-state index in [-0.39, 0.29) is 4.90 Å². The second-order valence-corrected chi connectivity index (χ2v) is 6.05. The molecule has 0 radical (unpaired) electrons. The predicted molar refractivity (Wildman–Crippen MR) is 73.4 cm³/mol. The van der Waals surface area contributed by atoms with Crippen LogP contribution in [-0.4, -0.2) is 18.4 Å². The maximum Gasteiger partial charge on any atom is 0.238 e. The van der Waals surface area contributed by atoms with E-state index >= 15 is 0 Å². The SMILES string of the molecule is NS(=O)(=O)c1ccc2nc3cc(Cl)ccc3nc2c1. The quantitative estimate of drug-likeness (QED) is 0.696. The molecule has 0 saturated carbocycles. The first-order chi connectivity index (χ1) is 8.93. The Hall–Kier alpha value is -1.76. The second-order valence-electron chi connectivity index (χ2n) is 4.05. The molecule has 3 rings (SSSR count). The molecule has 1 aromatic heterocycles. The maximum absolute atomic E-state index is 11.3. The van der Waals surface area contributed by atoms with Crippen LogP contribution >= 0.6 is 11.6 Å². The summed E-state index contributed by atoms with van der Waals surface area (Å²) in [5.74, 6) is 0. The number of fused-ring (bicyclic) bond motifs is 2. The van der Waals surface area contributed by atoms with E-state index in [9.17, 15) is 8.42 Å². The second kappa shape index (κ2) is 4.12. The number of sulfonamides is 1. The van der Waals surface area contributed by atoms with Gasteiger partial charge >= 0.3 is 0 Å². The van der Waals surface area contributed by atoms with Crippen molar-refractivity contribution in [2.24, 2.45) is 5.14 Å². The zero-order valence-corrected chi connectivity index (χ0v) is 11.1. The van der Waals surface area contributed by atoms with Gasteiger partial charge in [0.25, 0.3) is 0 Å². The fraction of sp³-hybridized carbons (Fsp3) is 0. The molecule has 0 unspecified atom stereocenters. The number of halogens is 1. The van der Waals surface area contributed by atoms with Gasteiger partial charge in [0.1, 0.15) is 0 Å². The molecule has 0 amide bonds. The zero-order valence-electron chi connectivity index (χ0n) is 9.54. The molecule has 0 fully saturated rings. The van der Waals surface area contributed by atoms with Crippen molar-refractivity contribution in [1.29, 1.82) is 0 Å². The van der Waals surface area contributed by atoms with E-state index in [1.807, 2.05) is 0 Å². The van der Waals surface area contributed by atoms with Crippen molar-refractivity contribution in [2.75, 3.05) is 0 Å². The lowest BCUT2D eigenvalue weighted by molar-refractivity contribution is 0.598. The van der Waals surface area contributed by atoms with Gasteiger partial charge < -0.3 is 0 Å². The van der Waals surface area contributed by atoms with Crippen LogP contribution in [0.1, 0.15) is 0 Å². The largest absolute Gasteiger partial charge is 0.244 e. The van der Waals surface area contributed by atoms with Crippen LogP contribution in [0.2, 0.25) is 5.02 Å². The normalized spacial score (nSPS) is 12.1. The standard InChI is InChI=1S/C12H8ClN3O2S/c13-7-1-3-9-11(5-7)15-10-4-2-8(19(14,17)18)6-12(10)16-9/h1-6H,(H2,14,17,18). The molecule has 0 aliphatic rings. The van der Waals surface area contributed by atoms with Gasteiger partial charge in [-0.3, -0.25) is 0 Å². The Morgan fingerprint density at radius 1 is 0.895 bits per heavy atom. The Kier molecular flexibility index (Phi) is 2.67. The molecule has 0 bridgehead atoms.